The van der Waals surface area contributed by atoms with Gasteiger partial charge in [0.1, 0.15) is 12.4 Å². The number of ether oxygens (including phenoxy) is 2. The van der Waals surface area contributed by atoms with Crippen molar-refractivity contribution in [1.29, 1.82) is 0 Å². The number of cyclic esters (lactones) is 1. The Kier molecular flexibility index (Phi) is 6.32. The molecular formula is C24H22F3N3O4. The summed E-state index contributed by atoms with van der Waals surface area (Å²) in [4.78, 5) is 31.4. The van der Waals surface area contributed by atoms with Gasteiger partial charge in [-0.25, -0.2) is 22.9 Å². The number of rotatable bonds is 6. The number of pyridine rings is 1. The van der Waals surface area contributed by atoms with E-state index in [1.165, 1.54) is 29.2 Å². The summed E-state index contributed by atoms with van der Waals surface area (Å²) in [6.45, 7) is 6.96. The first-order chi connectivity index (χ1) is 16.2. The fourth-order valence-corrected chi connectivity index (χ4v) is 3.84. The topological polar surface area (TPSA) is 72.0 Å². The Labute approximate surface area is 194 Å². The molecule has 34 heavy (non-hydrogen) atoms. The number of likely N-dealkylation sites (tertiary alicyclic amines) is 1. The van der Waals surface area contributed by atoms with E-state index < -0.39 is 42.8 Å². The second-order valence-corrected chi connectivity index (χ2v) is 7.83. The van der Waals surface area contributed by atoms with E-state index in [2.05, 4.69) is 18.1 Å². The Hall–Kier alpha value is -3.82. The van der Waals surface area contributed by atoms with Gasteiger partial charge in [0.25, 0.3) is 11.8 Å². The molecule has 0 radical (unpaired) electrons. The molecule has 0 N–H and O–H groups in total. The van der Waals surface area contributed by atoms with E-state index in [0.29, 0.717) is 11.3 Å². The molecule has 2 fully saturated rings. The second-order valence-electron chi connectivity index (χ2n) is 7.83. The molecule has 1 aromatic heterocycles. The number of anilines is 1. The number of carbonyl (C=O) groups excluding carboxylic acids is 2. The van der Waals surface area contributed by atoms with Gasteiger partial charge in [-0.3, -0.25) is 9.69 Å². The molecule has 4 rings (SSSR count). The van der Waals surface area contributed by atoms with Crippen LogP contribution < -0.4 is 9.64 Å². The van der Waals surface area contributed by atoms with Crippen LogP contribution in [0.4, 0.5) is 23.7 Å². The first-order valence-corrected chi connectivity index (χ1v) is 10.6. The van der Waals surface area contributed by atoms with Crippen molar-refractivity contribution in [1.82, 2.24) is 9.88 Å². The number of amides is 2. The highest BCUT2D eigenvalue weighted by Crippen LogP contribution is 2.33. The summed E-state index contributed by atoms with van der Waals surface area (Å²) in [5, 5.41) is 0. The SMILES string of the molecule is C=Cc1ccc(OC2CN(C(=O)c3cc(N4CCOC4=O)ccc3F)CCC2(F)F)nc1C=C. The predicted octanol–water partition coefficient (Wildman–Crippen LogP) is 4.39. The van der Waals surface area contributed by atoms with Crippen molar-refractivity contribution in [3.63, 3.8) is 0 Å². The molecule has 3 heterocycles. The summed E-state index contributed by atoms with van der Waals surface area (Å²) in [5.41, 5.74) is 1.03. The van der Waals surface area contributed by atoms with Gasteiger partial charge in [0.05, 0.1) is 24.3 Å². The number of alkyl halides is 2. The van der Waals surface area contributed by atoms with E-state index in [1.807, 2.05) is 0 Å². The van der Waals surface area contributed by atoms with E-state index >= 15 is 0 Å². The van der Waals surface area contributed by atoms with Gasteiger partial charge in [0, 0.05) is 24.7 Å². The Balaban J connectivity index is 1.55. The maximum atomic E-state index is 14.7. The highest BCUT2D eigenvalue weighted by molar-refractivity contribution is 5.97. The molecule has 0 aliphatic carbocycles. The maximum absolute atomic E-state index is 14.7. The summed E-state index contributed by atoms with van der Waals surface area (Å²) >= 11 is 0. The average molecular weight is 473 g/mol. The molecule has 1 atom stereocenters. The Morgan fingerprint density at radius 1 is 1.21 bits per heavy atom. The Morgan fingerprint density at radius 2 is 2.00 bits per heavy atom. The van der Waals surface area contributed by atoms with Crippen LogP contribution in [0.15, 0.2) is 43.5 Å². The summed E-state index contributed by atoms with van der Waals surface area (Å²) in [7, 11) is 0. The third kappa shape index (κ3) is 4.48. The van der Waals surface area contributed by atoms with Crippen LogP contribution in [-0.2, 0) is 4.74 Å². The third-order valence-corrected chi connectivity index (χ3v) is 5.72. The molecule has 10 heteroatoms. The molecule has 2 aliphatic heterocycles. The quantitative estimate of drug-likeness (QED) is 0.622. The van der Waals surface area contributed by atoms with Gasteiger partial charge >= 0.3 is 6.09 Å². The zero-order valence-corrected chi connectivity index (χ0v) is 18.2. The van der Waals surface area contributed by atoms with Crippen LogP contribution in [0.3, 0.4) is 0 Å². The van der Waals surface area contributed by atoms with Crippen LogP contribution in [0.1, 0.15) is 28.0 Å². The number of halogens is 3. The first kappa shape index (κ1) is 23.3. The van der Waals surface area contributed by atoms with Crippen LogP contribution in [0, 0.1) is 5.82 Å². The maximum Gasteiger partial charge on any atom is 0.414 e. The number of piperidine rings is 1. The normalized spacial score (nSPS) is 19.5. The lowest BCUT2D eigenvalue weighted by Gasteiger charge is -2.38. The van der Waals surface area contributed by atoms with Gasteiger partial charge in [-0.2, -0.15) is 0 Å². The van der Waals surface area contributed by atoms with Crippen molar-refractivity contribution in [2.75, 3.05) is 31.1 Å². The van der Waals surface area contributed by atoms with Gasteiger partial charge in [-0.05, 0) is 35.9 Å². The predicted molar refractivity (Wildman–Crippen MR) is 119 cm³/mol. The summed E-state index contributed by atoms with van der Waals surface area (Å²) in [6.07, 6.45) is 0.0375. The van der Waals surface area contributed by atoms with Crippen LogP contribution in [0.5, 0.6) is 5.88 Å². The molecule has 7 nitrogen and oxygen atoms in total. The van der Waals surface area contributed by atoms with E-state index in [9.17, 15) is 22.8 Å². The lowest BCUT2D eigenvalue weighted by molar-refractivity contribution is -0.131. The number of hydrogen-bond donors (Lipinski definition) is 0. The molecule has 0 bridgehead atoms. The van der Waals surface area contributed by atoms with Gasteiger partial charge < -0.3 is 14.4 Å². The average Bonchev–Trinajstić information content (AvgIpc) is 3.26. The molecule has 0 saturated carbocycles. The zero-order chi connectivity index (χ0) is 24.5. The van der Waals surface area contributed by atoms with E-state index in [-0.39, 0.29) is 36.8 Å². The Bertz CT molecular complexity index is 1150. The number of benzene rings is 1. The molecule has 1 unspecified atom stereocenters. The van der Waals surface area contributed by atoms with Gasteiger partial charge in [0.15, 0.2) is 6.10 Å². The number of hydrogen-bond acceptors (Lipinski definition) is 5. The van der Waals surface area contributed by atoms with Crippen LogP contribution in [-0.4, -0.2) is 60.2 Å². The van der Waals surface area contributed by atoms with Crippen molar-refractivity contribution in [2.45, 2.75) is 18.4 Å². The lowest BCUT2D eigenvalue weighted by Crippen LogP contribution is -2.55. The summed E-state index contributed by atoms with van der Waals surface area (Å²) in [5.74, 6) is -4.89. The molecular weight excluding hydrogens is 451 g/mol. The fourth-order valence-electron chi connectivity index (χ4n) is 3.84. The van der Waals surface area contributed by atoms with Crippen molar-refractivity contribution in [3.8, 4) is 5.88 Å². The van der Waals surface area contributed by atoms with Crippen molar-refractivity contribution in [3.05, 3.63) is 66.1 Å². The van der Waals surface area contributed by atoms with Crippen molar-refractivity contribution < 1.29 is 32.2 Å². The summed E-state index contributed by atoms with van der Waals surface area (Å²) in [6, 6.07) is 6.67. The zero-order valence-electron chi connectivity index (χ0n) is 18.2. The van der Waals surface area contributed by atoms with Gasteiger partial charge in [-0.1, -0.05) is 19.2 Å². The Morgan fingerprint density at radius 3 is 2.68 bits per heavy atom. The van der Waals surface area contributed by atoms with Crippen molar-refractivity contribution >= 4 is 29.8 Å². The molecule has 2 aliphatic rings. The van der Waals surface area contributed by atoms with Gasteiger partial charge in [0.2, 0.25) is 5.88 Å². The molecule has 2 aromatic rings. The second kappa shape index (κ2) is 9.20. The standard InChI is InChI=1S/C24H22F3N3O4/c1-3-15-5-8-21(28-19(15)4-2)34-20-14-29(10-9-24(20,26)27)22(31)17-13-16(6-7-18(17)25)30-11-12-33-23(30)32/h3-8,13,20H,1-2,9-12,14H2. The molecule has 1 aromatic carbocycles. The van der Waals surface area contributed by atoms with Crippen LogP contribution in [0.2, 0.25) is 0 Å². The number of nitrogens with zero attached hydrogens (tertiary/aromatic N) is 3. The monoisotopic (exact) mass is 473 g/mol. The molecule has 0 spiro atoms. The fraction of sp³-hybridized carbons (Fsp3) is 0.292. The van der Waals surface area contributed by atoms with Crippen LogP contribution in [0.25, 0.3) is 12.2 Å². The largest absolute Gasteiger partial charge is 0.466 e. The highest BCUT2D eigenvalue weighted by Gasteiger charge is 2.47. The van der Waals surface area contributed by atoms with E-state index in [1.54, 1.807) is 12.1 Å². The van der Waals surface area contributed by atoms with Gasteiger partial charge in [-0.15, -0.1) is 0 Å². The minimum Gasteiger partial charge on any atom is -0.466 e. The number of carbonyl (C=O) groups is 2. The van der Waals surface area contributed by atoms with E-state index in [0.717, 1.165) is 11.0 Å². The highest BCUT2D eigenvalue weighted by atomic mass is 19.3. The van der Waals surface area contributed by atoms with Crippen molar-refractivity contribution in [2.24, 2.45) is 0 Å². The molecule has 2 saturated heterocycles. The minimum absolute atomic E-state index is 0.0554. The minimum atomic E-state index is -3.23. The third-order valence-electron chi connectivity index (χ3n) is 5.72. The molecule has 2 amide bonds. The smallest absolute Gasteiger partial charge is 0.414 e. The summed E-state index contributed by atoms with van der Waals surface area (Å²) < 4.78 is 54.2. The number of aromatic nitrogens is 1. The van der Waals surface area contributed by atoms with Crippen LogP contribution >= 0.6 is 0 Å². The lowest BCUT2D eigenvalue weighted by atomic mass is 10.0. The first-order valence-electron chi connectivity index (χ1n) is 10.6. The van der Waals surface area contributed by atoms with E-state index in [4.69, 9.17) is 9.47 Å². The molecule has 178 valence electrons.